The molecule has 2 N–H and O–H groups in total. The van der Waals surface area contributed by atoms with E-state index in [1.807, 2.05) is 12.2 Å². The number of amides is 3. The Morgan fingerprint density at radius 1 is 1.21 bits per heavy atom. The number of carbonyl (C=O) groups is 3. The van der Waals surface area contributed by atoms with E-state index in [0.29, 0.717) is 6.42 Å². The Morgan fingerprint density at radius 2 is 1.83 bits per heavy atom. The van der Waals surface area contributed by atoms with Gasteiger partial charge in [-0.1, -0.05) is 19.1 Å². The molecule has 3 amide bonds. The highest BCUT2D eigenvalue weighted by atomic mass is 32.2. The summed E-state index contributed by atoms with van der Waals surface area (Å²) in [6.45, 7) is 2.94. The molecular weight excluding hydrogens is 336 g/mol. The van der Waals surface area contributed by atoms with Gasteiger partial charge in [-0.05, 0) is 25.5 Å². The van der Waals surface area contributed by atoms with E-state index >= 15 is 0 Å². The van der Waals surface area contributed by atoms with Crippen LogP contribution in [0.1, 0.15) is 30.6 Å². The normalized spacial score (nSPS) is 12.1. The average Bonchev–Trinajstić information content (AvgIpc) is 2.51. The predicted octanol–water partition coefficient (Wildman–Crippen LogP) is 0.871. The molecule has 1 atom stereocenters. The molecule has 0 bridgehead atoms. The number of rotatable bonds is 6. The number of ether oxygens (including phenoxy) is 1. The van der Waals surface area contributed by atoms with Crippen LogP contribution in [0, 0.1) is 0 Å². The van der Waals surface area contributed by atoms with Crippen LogP contribution < -0.4 is 10.6 Å². The van der Waals surface area contributed by atoms with Crippen LogP contribution in [0.15, 0.2) is 29.2 Å². The first-order valence-corrected chi connectivity index (χ1v) is 9.10. The Kier molecular flexibility index (Phi) is 6.90. The van der Waals surface area contributed by atoms with Crippen LogP contribution in [0.5, 0.6) is 0 Å². The van der Waals surface area contributed by atoms with Gasteiger partial charge in [0.05, 0.1) is 10.5 Å². The summed E-state index contributed by atoms with van der Waals surface area (Å²) in [4.78, 5) is 34.8. The molecule has 24 heavy (non-hydrogen) atoms. The summed E-state index contributed by atoms with van der Waals surface area (Å²) in [7, 11) is -3.62. The fourth-order valence-corrected chi connectivity index (χ4v) is 2.57. The van der Waals surface area contributed by atoms with E-state index in [1.165, 1.54) is 24.3 Å². The molecule has 132 valence electrons. The number of imide groups is 1. The van der Waals surface area contributed by atoms with Gasteiger partial charge in [0, 0.05) is 12.3 Å². The molecule has 1 aromatic rings. The number of esters is 1. The largest absolute Gasteiger partial charge is 0.452 e. The molecule has 1 rings (SSSR count). The zero-order valence-corrected chi connectivity index (χ0v) is 14.5. The predicted molar refractivity (Wildman–Crippen MR) is 86.3 cm³/mol. The highest BCUT2D eigenvalue weighted by Crippen LogP contribution is 2.16. The van der Waals surface area contributed by atoms with Gasteiger partial charge in [0.2, 0.25) is 0 Å². The lowest BCUT2D eigenvalue weighted by molar-refractivity contribution is -0.123. The summed E-state index contributed by atoms with van der Waals surface area (Å²) in [6.07, 6.45) is 1.66. The highest BCUT2D eigenvalue weighted by molar-refractivity contribution is 7.90. The molecule has 0 aliphatic heterocycles. The van der Waals surface area contributed by atoms with Gasteiger partial charge in [-0.15, -0.1) is 0 Å². The second-order valence-electron chi connectivity index (χ2n) is 5.18. The Morgan fingerprint density at radius 3 is 2.42 bits per heavy atom. The zero-order valence-electron chi connectivity index (χ0n) is 13.7. The van der Waals surface area contributed by atoms with Crippen LogP contribution >= 0.6 is 0 Å². The number of carbonyl (C=O) groups excluding carboxylic acids is 3. The Labute approximate surface area is 140 Å². The monoisotopic (exact) mass is 356 g/mol. The molecule has 0 spiro atoms. The van der Waals surface area contributed by atoms with E-state index in [4.69, 9.17) is 4.74 Å². The molecule has 1 aromatic carbocycles. The number of nitrogens with one attached hydrogen (secondary N) is 2. The van der Waals surface area contributed by atoms with Crippen molar-refractivity contribution in [1.82, 2.24) is 10.6 Å². The van der Waals surface area contributed by atoms with Crippen molar-refractivity contribution in [2.75, 3.05) is 12.9 Å². The third-order valence-electron chi connectivity index (χ3n) is 3.08. The molecule has 0 fully saturated rings. The van der Waals surface area contributed by atoms with E-state index < -0.39 is 34.4 Å². The van der Waals surface area contributed by atoms with Crippen LogP contribution in [0.25, 0.3) is 0 Å². The molecule has 0 aliphatic rings. The van der Waals surface area contributed by atoms with Crippen molar-refractivity contribution in [3.05, 3.63) is 29.8 Å². The molecule has 0 saturated carbocycles. The lowest BCUT2D eigenvalue weighted by atomic mass is 10.2. The average molecular weight is 356 g/mol. The molecule has 0 unspecified atom stereocenters. The molecule has 0 heterocycles. The minimum absolute atomic E-state index is 0.109. The van der Waals surface area contributed by atoms with Gasteiger partial charge in [-0.2, -0.15) is 0 Å². The van der Waals surface area contributed by atoms with Crippen molar-refractivity contribution in [2.24, 2.45) is 0 Å². The first-order valence-electron chi connectivity index (χ1n) is 7.21. The maximum atomic E-state index is 12.0. The van der Waals surface area contributed by atoms with Gasteiger partial charge in [-0.3, -0.25) is 10.1 Å². The number of hydrogen-bond donors (Lipinski definition) is 2. The van der Waals surface area contributed by atoms with E-state index in [-0.39, 0.29) is 16.5 Å². The Hall–Kier alpha value is -2.42. The van der Waals surface area contributed by atoms with Crippen molar-refractivity contribution in [3.63, 3.8) is 0 Å². The SMILES string of the molecule is CC[C@H](C)NC(=O)NC(=O)COC(=O)c1ccccc1S(C)(=O)=O. The van der Waals surface area contributed by atoms with Gasteiger partial charge in [0.1, 0.15) is 0 Å². The van der Waals surface area contributed by atoms with Crippen molar-refractivity contribution >= 4 is 27.7 Å². The molecule has 8 nitrogen and oxygen atoms in total. The molecule has 9 heteroatoms. The maximum Gasteiger partial charge on any atom is 0.339 e. The Bertz CT molecular complexity index is 729. The van der Waals surface area contributed by atoms with Crippen molar-refractivity contribution in [3.8, 4) is 0 Å². The maximum absolute atomic E-state index is 12.0. The number of urea groups is 1. The summed E-state index contributed by atoms with van der Waals surface area (Å²) in [6, 6.07) is 4.70. The molecule has 0 saturated heterocycles. The third-order valence-corrected chi connectivity index (χ3v) is 4.24. The lowest BCUT2D eigenvalue weighted by Gasteiger charge is -2.12. The van der Waals surface area contributed by atoms with Crippen LogP contribution in [0.2, 0.25) is 0 Å². The van der Waals surface area contributed by atoms with Gasteiger partial charge >= 0.3 is 12.0 Å². The fourth-order valence-electron chi connectivity index (χ4n) is 1.69. The van der Waals surface area contributed by atoms with E-state index in [9.17, 15) is 22.8 Å². The minimum atomic E-state index is -3.62. The first-order chi connectivity index (χ1) is 11.1. The third kappa shape index (κ3) is 5.99. The molecule has 0 aliphatic carbocycles. The number of hydrogen-bond acceptors (Lipinski definition) is 6. The topological polar surface area (TPSA) is 119 Å². The molecule has 0 aromatic heterocycles. The van der Waals surface area contributed by atoms with Crippen LogP contribution in [-0.2, 0) is 19.4 Å². The van der Waals surface area contributed by atoms with E-state index in [2.05, 4.69) is 5.32 Å². The zero-order chi connectivity index (χ0) is 18.3. The summed E-state index contributed by atoms with van der Waals surface area (Å²) in [5.74, 6) is -1.78. The smallest absolute Gasteiger partial charge is 0.339 e. The van der Waals surface area contributed by atoms with Crippen molar-refractivity contribution < 1.29 is 27.5 Å². The number of benzene rings is 1. The standard InChI is InChI=1S/C15H20N2O6S/c1-4-10(2)16-15(20)17-13(18)9-23-14(19)11-7-5-6-8-12(11)24(3,21)22/h5-8,10H,4,9H2,1-3H3,(H2,16,17,18,20)/t10-/m0/s1. The van der Waals surface area contributed by atoms with Crippen LogP contribution in [0.3, 0.4) is 0 Å². The van der Waals surface area contributed by atoms with E-state index in [1.54, 1.807) is 6.92 Å². The van der Waals surface area contributed by atoms with Crippen molar-refractivity contribution in [2.45, 2.75) is 31.2 Å². The molecular formula is C15H20N2O6S. The second-order valence-corrected chi connectivity index (χ2v) is 7.16. The quantitative estimate of drug-likeness (QED) is 0.730. The summed E-state index contributed by atoms with van der Waals surface area (Å²) < 4.78 is 28.0. The van der Waals surface area contributed by atoms with Gasteiger partial charge < -0.3 is 10.1 Å². The van der Waals surface area contributed by atoms with Gasteiger partial charge in [0.15, 0.2) is 16.4 Å². The Balaban J connectivity index is 2.65. The van der Waals surface area contributed by atoms with Crippen molar-refractivity contribution in [1.29, 1.82) is 0 Å². The summed E-state index contributed by atoms with van der Waals surface area (Å²) in [5, 5.41) is 4.53. The summed E-state index contributed by atoms with van der Waals surface area (Å²) >= 11 is 0. The number of sulfone groups is 1. The van der Waals surface area contributed by atoms with Gasteiger partial charge in [0.25, 0.3) is 5.91 Å². The summed E-state index contributed by atoms with van der Waals surface area (Å²) in [5.41, 5.74) is -0.170. The van der Waals surface area contributed by atoms with Crippen LogP contribution in [0.4, 0.5) is 4.79 Å². The van der Waals surface area contributed by atoms with Gasteiger partial charge in [-0.25, -0.2) is 18.0 Å². The van der Waals surface area contributed by atoms with Crippen LogP contribution in [-0.4, -0.2) is 45.2 Å². The highest BCUT2D eigenvalue weighted by Gasteiger charge is 2.20. The minimum Gasteiger partial charge on any atom is -0.452 e. The second kappa shape index (κ2) is 8.44. The van der Waals surface area contributed by atoms with E-state index in [0.717, 1.165) is 6.26 Å². The lowest BCUT2D eigenvalue weighted by Crippen LogP contribution is -2.44. The fraction of sp³-hybridized carbons (Fsp3) is 0.400. The molecule has 0 radical (unpaired) electrons. The first kappa shape index (κ1) is 19.6.